The van der Waals surface area contributed by atoms with Crippen molar-refractivity contribution >= 4 is 39.1 Å². The van der Waals surface area contributed by atoms with Gasteiger partial charge in [0.25, 0.3) is 5.56 Å². The Kier molecular flexibility index (Phi) is 4.47. The molecule has 0 saturated carbocycles. The van der Waals surface area contributed by atoms with Gasteiger partial charge in [-0.15, -0.1) is 0 Å². The Balaban J connectivity index is 1.63. The van der Waals surface area contributed by atoms with Crippen molar-refractivity contribution in [1.82, 2.24) is 9.38 Å². The number of hydrogen-bond acceptors (Lipinski definition) is 4. The molecule has 1 atom stereocenters. The molecule has 0 fully saturated rings. The summed E-state index contributed by atoms with van der Waals surface area (Å²) in [7, 11) is 0. The van der Waals surface area contributed by atoms with Gasteiger partial charge in [0, 0.05) is 17.8 Å². The van der Waals surface area contributed by atoms with Gasteiger partial charge in [-0.05, 0) is 74.1 Å². The molecule has 0 aliphatic carbocycles. The Labute approximate surface area is 180 Å². The molecule has 2 aromatic heterocycles. The third-order valence-corrected chi connectivity index (χ3v) is 7.27. The molecule has 0 radical (unpaired) electrons. The standard InChI is InChI=1S/C25H27N3OS/c1-5-12-27-20-11-10-17(13-18(20)16(2)15-25(27,3)4)14-22-23(29)28-21-9-7-6-8-19(21)26-24(28)30-22/h6-11,13-14,16H,5,12,15H2,1-4H3/b22-14+. The minimum Gasteiger partial charge on any atom is -0.366 e. The number of aromatic nitrogens is 2. The third-order valence-electron chi connectivity index (χ3n) is 6.30. The fourth-order valence-electron chi connectivity index (χ4n) is 5.01. The van der Waals surface area contributed by atoms with E-state index in [1.165, 1.54) is 22.6 Å². The predicted molar refractivity (Wildman–Crippen MR) is 127 cm³/mol. The van der Waals surface area contributed by atoms with Crippen molar-refractivity contribution in [3.8, 4) is 0 Å². The van der Waals surface area contributed by atoms with Gasteiger partial charge >= 0.3 is 0 Å². The van der Waals surface area contributed by atoms with Crippen LogP contribution < -0.4 is 15.0 Å². The molecule has 0 bridgehead atoms. The van der Waals surface area contributed by atoms with Crippen LogP contribution >= 0.6 is 11.3 Å². The second kappa shape index (κ2) is 6.95. The van der Waals surface area contributed by atoms with Gasteiger partial charge in [-0.2, -0.15) is 0 Å². The molecule has 4 aromatic rings. The Morgan fingerprint density at radius 3 is 2.83 bits per heavy atom. The van der Waals surface area contributed by atoms with Gasteiger partial charge in [0.1, 0.15) is 0 Å². The number of nitrogens with zero attached hydrogens (tertiary/aromatic N) is 3. The zero-order chi connectivity index (χ0) is 21.0. The Bertz CT molecular complexity index is 1360. The lowest BCUT2D eigenvalue weighted by Gasteiger charge is -2.47. The molecular formula is C25H27N3OS. The molecule has 3 heterocycles. The second-order valence-electron chi connectivity index (χ2n) is 9.02. The van der Waals surface area contributed by atoms with Crippen LogP contribution in [0.1, 0.15) is 57.6 Å². The van der Waals surface area contributed by atoms with Crippen molar-refractivity contribution in [2.75, 3.05) is 11.4 Å². The molecule has 30 heavy (non-hydrogen) atoms. The highest BCUT2D eigenvalue weighted by Gasteiger charge is 2.35. The van der Waals surface area contributed by atoms with Crippen molar-refractivity contribution in [3.05, 3.63) is 68.5 Å². The van der Waals surface area contributed by atoms with Crippen molar-refractivity contribution in [2.45, 2.75) is 52.0 Å². The average molecular weight is 418 g/mol. The Hall–Kier alpha value is -2.66. The van der Waals surface area contributed by atoms with Crippen molar-refractivity contribution in [2.24, 2.45) is 0 Å². The number of imidazole rings is 1. The quantitative estimate of drug-likeness (QED) is 0.473. The molecule has 0 N–H and O–H groups in total. The maximum absolute atomic E-state index is 13.1. The largest absolute Gasteiger partial charge is 0.366 e. The molecule has 1 aliphatic heterocycles. The summed E-state index contributed by atoms with van der Waals surface area (Å²) in [4.78, 5) is 21.0. The summed E-state index contributed by atoms with van der Waals surface area (Å²) in [5.74, 6) is 0.493. The lowest BCUT2D eigenvalue weighted by atomic mass is 9.79. The van der Waals surface area contributed by atoms with Crippen LogP contribution in [-0.2, 0) is 0 Å². The maximum Gasteiger partial charge on any atom is 0.274 e. The van der Waals surface area contributed by atoms with E-state index in [2.05, 4.69) is 55.8 Å². The number of benzene rings is 2. The summed E-state index contributed by atoms with van der Waals surface area (Å²) in [5.41, 5.74) is 5.74. The lowest BCUT2D eigenvalue weighted by molar-refractivity contribution is 0.376. The first-order chi connectivity index (χ1) is 14.4. The van der Waals surface area contributed by atoms with Gasteiger partial charge in [-0.25, -0.2) is 9.38 Å². The summed E-state index contributed by atoms with van der Waals surface area (Å²) in [6.07, 6.45) is 4.29. The van der Waals surface area contributed by atoms with Crippen LogP contribution in [-0.4, -0.2) is 21.5 Å². The first-order valence-corrected chi connectivity index (χ1v) is 11.5. The highest BCUT2D eigenvalue weighted by Crippen LogP contribution is 2.43. The van der Waals surface area contributed by atoms with Crippen LogP contribution in [0.5, 0.6) is 0 Å². The zero-order valence-corrected chi connectivity index (χ0v) is 18.8. The van der Waals surface area contributed by atoms with E-state index < -0.39 is 0 Å². The second-order valence-corrected chi connectivity index (χ2v) is 10.0. The summed E-state index contributed by atoms with van der Waals surface area (Å²) in [6.45, 7) is 10.3. The minimum absolute atomic E-state index is 0.0169. The Morgan fingerprint density at radius 1 is 1.23 bits per heavy atom. The van der Waals surface area contributed by atoms with Gasteiger partial charge < -0.3 is 4.90 Å². The van der Waals surface area contributed by atoms with Gasteiger partial charge in [0.2, 0.25) is 0 Å². The van der Waals surface area contributed by atoms with E-state index in [1.54, 1.807) is 4.40 Å². The monoisotopic (exact) mass is 417 g/mol. The highest BCUT2D eigenvalue weighted by atomic mass is 32.1. The number of hydrogen-bond donors (Lipinski definition) is 0. The van der Waals surface area contributed by atoms with Crippen molar-refractivity contribution in [1.29, 1.82) is 0 Å². The van der Waals surface area contributed by atoms with E-state index in [4.69, 9.17) is 0 Å². The van der Waals surface area contributed by atoms with E-state index in [9.17, 15) is 4.79 Å². The fourth-order valence-corrected chi connectivity index (χ4v) is 6.00. The number of thiazole rings is 1. The summed E-state index contributed by atoms with van der Waals surface area (Å²) in [6, 6.07) is 14.5. The van der Waals surface area contributed by atoms with E-state index in [1.807, 2.05) is 30.3 Å². The molecule has 1 aliphatic rings. The summed E-state index contributed by atoms with van der Waals surface area (Å²) < 4.78 is 2.47. The van der Waals surface area contributed by atoms with Gasteiger partial charge in [0.05, 0.1) is 15.6 Å². The molecule has 1 unspecified atom stereocenters. The van der Waals surface area contributed by atoms with Crippen molar-refractivity contribution in [3.63, 3.8) is 0 Å². The van der Waals surface area contributed by atoms with E-state index in [0.717, 1.165) is 45.5 Å². The molecular weight excluding hydrogens is 390 g/mol. The van der Waals surface area contributed by atoms with Crippen LogP contribution in [0.15, 0.2) is 47.3 Å². The van der Waals surface area contributed by atoms with Gasteiger partial charge in [0.15, 0.2) is 4.96 Å². The highest BCUT2D eigenvalue weighted by molar-refractivity contribution is 7.15. The van der Waals surface area contributed by atoms with Crippen LogP contribution in [0.4, 0.5) is 5.69 Å². The molecule has 0 amide bonds. The van der Waals surface area contributed by atoms with Gasteiger partial charge in [-0.3, -0.25) is 4.79 Å². The predicted octanol–water partition coefficient (Wildman–Crippen LogP) is 4.96. The lowest BCUT2D eigenvalue weighted by Crippen LogP contribution is -2.48. The van der Waals surface area contributed by atoms with Crippen LogP contribution in [0.3, 0.4) is 0 Å². The first kappa shape index (κ1) is 19.3. The number of para-hydroxylation sites is 2. The van der Waals surface area contributed by atoms with Crippen LogP contribution in [0.2, 0.25) is 0 Å². The normalized spacial score (nSPS) is 19.0. The first-order valence-electron chi connectivity index (χ1n) is 10.7. The molecule has 0 spiro atoms. The van der Waals surface area contributed by atoms with E-state index >= 15 is 0 Å². The van der Waals surface area contributed by atoms with Crippen molar-refractivity contribution < 1.29 is 0 Å². The average Bonchev–Trinajstić information content (AvgIpc) is 3.21. The number of rotatable bonds is 3. The minimum atomic E-state index is 0.0169. The molecule has 2 aromatic carbocycles. The molecule has 154 valence electrons. The third kappa shape index (κ3) is 2.95. The molecule has 5 heteroatoms. The van der Waals surface area contributed by atoms with Crippen LogP contribution in [0, 0.1) is 0 Å². The smallest absolute Gasteiger partial charge is 0.274 e. The number of anilines is 1. The van der Waals surface area contributed by atoms with Crippen LogP contribution in [0.25, 0.3) is 22.1 Å². The molecule has 0 saturated heterocycles. The molecule has 4 nitrogen and oxygen atoms in total. The topological polar surface area (TPSA) is 37.6 Å². The summed E-state index contributed by atoms with van der Waals surface area (Å²) in [5, 5.41) is 0. The summed E-state index contributed by atoms with van der Waals surface area (Å²) >= 11 is 1.46. The Morgan fingerprint density at radius 2 is 2.03 bits per heavy atom. The SMILES string of the molecule is CCCN1c2ccc(/C=c3/sc4nc5ccccc5n4c3=O)cc2C(C)CC1(C)C. The molecule has 5 rings (SSSR count). The van der Waals surface area contributed by atoms with Gasteiger partial charge in [-0.1, -0.05) is 43.4 Å². The fraction of sp³-hybridized carbons (Fsp3) is 0.360. The number of fused-ring (bicyclic) bond motifs is 4. The van der Waals surface area contributed by atoms with E-state index in [-0.39, 0.29) is 11.1 Å². The zero-order valence-electron chi connectivity index (χ0n) is 18.0. The van der Waals surface area contributed by atoms with E-state index in [0.29, 0.717) is 5.92 Å². The maximum atomic E-state index is 13.1.